The molecule has 6 heteroatoms. The quantitative estimate of drug-likeness (QED) is 0.590. The van der Waals surface area contributed by atoms with Crippen LogP contribution in [0.2, 0.25) is 0 Å². The minimum atomic E-state index is -0.425. The lowest BCUT2D eigenvalue weighted by molar-refractivity contribution is -0.0161. The molecular weight excluding hydrogens is 402 g/mol. The molecule has 1 aliphatic heterocycles. The molecule has 0 saturated heterocycles. The van der Waals surface area contributed by atoms with Crippen LogP contribution in [0.5, 0.6) is 0 Å². The molecule has 2 unspecified atom stereocenters. The van der Waals surface area contributed by atoms with Crippen LogP contribution in [0.4, 0.5) is 0 Å². The van der Waals surface area contributed by atoms with E-state index in [1.54, 1.807) is 6.07 Å². The van der Waals surface area contributed by atoms with Crippen LogP contribution < -0.4 is 5.73 Å². The largest absolute Gasteiger partial charge is 0.393 e. The van der Waals surface area contributed by atoms with Gasteiger partial charge >= 0.3 is 0 Å². The molecule has 1 amide bonds. The Labute approximate surface area is 188 Å². The Kier molecular flexibility index (Phi) is 5.81. The number of nitrogens with two attached hydrogens (primary N) is 1. The summed E-state index contributed by atoms with van der Waals surface area (Å²) in [5, 5.41) is 11.1. The predicted molar refractivity (Wildman–Crippen MR) is 122 cm³/mol. The van der Waals surface area contributed by atoms with E-state index in [9.17, 15) is 9.90 Å². The van der Waals surface area contributed by atoms with Crippen LogP contribution in [-0.4, -0.2) is 32.8 Å². The van der Waals surface area contributed by atoms with Gasteiger partial charge in [0.05, 0.1) is 43.1 Å². The van der Waals surface area contributed by atoms with E-state index in [-0.39, 0.29) is 24.2 Å². The molecule has 0 bridgehead atoms. The van der Waals surface area contributed by atoms with Gasteiger partial charge in [0.2, 0.25) is 5.91 Å². The number of aliphatic hydroxyl groups is 1. The first-order valence-corrected chi connectivity index (χ1v) is 11.4. The van der Waals surface area contributed by atoms with Gasteiger partial charge in [-0.2, -0.15) is 0 Å². The standard InChI is InChI=1S/C26H29N3O3/c27-26(31)20-6-2-1-5-18(20)15-32-19-11-9-17(10-12-19)25(30)13-23-21-7-3-4-8-22(21)24-14-28-16-29(23)24/h1-8,14,16-17,19,23,25,30H,9-13,15H2,(H2,27,31). The number of rotatable bonds is 7. The van der Waals surface area contributed by atoms with Crippen molar-refractivity contribution in [1.29, 1.82) is 0 Å². The number of hydrogen-bond acceptors (Lipinski definition) is 4. The number of aliphatic hydroxyl groups excluding tert-OH is 1. The van der Waals surface area contributed by atoms with Crippen LogP contribution in [0.1, 0.15) is 59.6 Å². The average molecular weight is 432 g/mol. The molecule has 32 heavy (non-hydrogen) atoms. The number of benzene rings is 2. The van der Waals surface area contributed by atoms with Crippen LogP contribution in [-0.2, 0) is 11.3 Å². The fourth-order valence-corrected chi connectivity index (χ4v) is 5.33. The second-order valence-electron chi connectivity index (χ2n) is 8.96. The molecule has 0 spiro atoms. The normalized spacial score (nSPS) is 22.8. The molecule has 3 aromatic rings. The van der Waals surface area contributed by atoms with Gasteiger partial charge in [-0.15, -0.1) is 0 Å². The van der Waals surface area contributed by atoms with Crippen molar-refractivity contribution in [3.05, 3.63) is 77.7 Å². The van der Waals surface area contributed by atoms with Gasteiger partial charge in [0.1, 0.15) is 0 Å². The van der Waals surface area contributed by atoms with Gasteiger partial charge in [-0.1, -0.05) is 42.5 Å². The smallest absolute Gasteiger partial charge is 0.249 e. The third kappa shape index (κ3) is 3.96. The highest BCUT2D eigenvalue weighted by atomic mass is 16.5. The first-order chi connectivity index (χ1) is 15.6. The summed E-state index contributed by atoms with van der Waals surface area (Å²) in [4.78, 5) is 15.9. The number of amides is 1. The highest BCUT2D eigenvalue weighted by Gasteiger charge is 2.33. The molecule has 2 aliphatic rings. The summed E-state index contributed by atoms with van der Waals surface area (Å²) in [6, 6.07) is 15.9. The number of carbonyl (C=O) groups excluding carboxylic acids is 1. The maximum absolute atomic E-state index is 11.6. The number of carbonyl (C=O) groups is 1. The summed E-state index contributed by atoms with van der Waals surface area (Å²) in [6.07, 6.45) is 7.97. The van der Waals surface area contributed by atoms with Gasteiger partial charge in [0.25, 0.3) is 0 Å². The summed E-state index contributed by atoms with van der Waals surface area (Å²) in [7, 11) is 0. The van der Waals surface area contributed by atoms with Crippen LogP contribution in [0, 0.1) is 5.92 Å². The monoisotopic (exact) mass is 431 g/mol. The van der Waals surface area contributed by atoms with Gasteiger partial charge in [-0.3, -0.25) is 4.79 Å². The first kappa shape index (κ1) is 20.9. The Hall–Kier alpha value is -2.96. The Bertz CT molecular complexity index is 1100. The van der Waals surface area contributed by atoms with Gasteiger partial charge in [-0.25, -0.2) is 4.98 Å². The molecule has 1 aliphatic carbocycles. The fraction of sp³-hybridized carbons (Fsp3) is 0.385. The average Bonchev–Trinajstić information content (AvgIpc) is 3.41. The number of ether oxygens (including phenoxy) is 1. The van der Waals surface area contributed by atoms with E-state index in [1.165, 1.54) is 11.1 Å². The second-order valence-corrected chi connectivity index (χ2v) is 8.96. The molecule has 166 valence electrons. The van der Waals surface area contributed by atoms with E-state index < -0.39 is 5.91 Å². The van der Waals surface area contributed by atoms with Crippen molar-refractivity contribution in [2.75, 3.05) is 0 Å². The molecule has 1 fully saturated rings. The third-order valence-corrected chi connectivity index (χ3v) is 7.08. The topological polar surface area (TPSA) is 90.4 Å². The predicted octanol–water partition coefficient (Wildman–Crippen LogP) is 4.08. The van der Waals surface area contributed by atoms with E-state index >= 15 is 0 Å². The highest BCUT2D eigenvalue weighted by molar-refractivity contribution is 5.94. The lowest BCUT2D eigenvalue weighted by Gasteiger charge is -2.33. The molecule has 2 heterocycles. The van der Waals surface area contributed by atoms with Crippen LogP contribution in [0.25, 0.3) is 11.3 Å². The Morgan fingerprint density at radius 3 is 2.69 bits per heavy atom. The van der Waals surface area contributed by atoms with Crippen molar-refractivity contribution in [3.8, 4) is 11.3 Å². The van der Waals surface area contributed by atoms with Crippen LogP contribution >= 0.6 is 0 Å². The van der Waals surface area contributed by atoms with E-state index in [2.05, 4.69) is 33.8 Å². The lowest BCUT2D eigenvalue weighted by atomic mass is 9.81. The van der Waals surface area contributed by atoms with E-state index in [4.69, 9.17) is 10.5 Å². The van der Waals surface area contributed by atoms with Crippen molar-refractivity contribution in [1.82, 2.24) is 9.55 Å². The molecule has 0 radical (unpaired) electrons. The lowest BCUT2D eigenvalue weighted by Crippen LogP contribution is -2.30. The molecule has 3 N–H and O–H groups in total. The van der Waals surface area contributed by atoms with E-state index in [0.717, 1.165) is 36.9 Å². The fourth-order valence-electron chi connectivity index (χ4n) is 5.33. The molecular formula is C26H29N3O3. The number of nitrogens with zero attached hydrogens (tertiary/aromatic N) is 2. The van der Waals surface area contributed by atoms with Gasteiger partial charge in [0, 0.05) is 11.1 Å². The first-order valence-electron chi connectivity index (χ1n) is 11.4. The van der Waals surface area contributed by atoms with Crippen molar-refractivity contribution >= 4 is 5.91 Å². The van der Waals surface area contributed by atoms with Crippen LogP contribution in [0.15, 0.2) is 61.1 Å². The van der Waals surface area contributed by atoms with Gasteiger partial charge in [0.15, 0.2) is 0 Å². The zero-order valence-electron chi connectivity index (χ0n) is 18.1. The zero-order valence-corrected chi connectivity index (χ0v) is 18.1. The number of hydrogen-bond donors (Lipinski definition) is 2. The second kappa shape index (κ2) is 8.88. The van der Waals surface area contributed by atoms with Crippen LogP contribution in [0.3, 0.4) is 0 Å². The number of primary amides is 1. The number of imidazole rings is 1. The summed E-state index contributed by atoms with van der Waals surface area (Å²) >= 11 is 0. The molecule has 6 nitrogen and oxygen atoms in total. The summed E-state index contributed by atoms with van der Waals surface area (Å²) in [5.41, 5.74) is 10.4. The minimum Gasteiger partial charge on any atom is -0.393 e. The molecule has 2 aromatic carbocycles. The van der Waals surface area contributed by atoms with E-state index in [0.29, 0.717) is 18.6 Å². The van der Waals surface area contributed by atoms with Crippen molar-refractivity contribution < 1.29 is 14.6 Å². The van der Waals surface area contributed by atoms with Crippen molar-refractivity contribution in [3.63, 3.8) is 0 Å². The number of aromatic nitrogens is 2. The third-order valence-electron chi connectivity index (χ3n) is 7.08. The molecule has 1 saturated carbocycles. The Morgan fingerprint density at radius 2 is 1.88 bits per heavy atom. The van der Waals surface area contributed by atoms with Gasteiger partial charge in [-0.05, 0) is 55.2 Å². The molecule has 5 rings (SSSR count). The molecule has 1 aromatic heterocycles. The maximum Gasteiger partial charge on any atom is 0.249 e. The minimum absolute atomic E-state index is 0.137. The zero-order chi connectivity index (χ0) is 22.1. The van der Waals surface area contributed by atoms with Gasteiger partial charge < -0.3 is 20.1 Å². The molecule has 2 atom stereocenters. The highest BCUT2D eigenvalue weighted by Crippen LogP contribution is 2.42. The summed E-state index contributed by atoms with van der Waals surface area (Å²) in [5.74, 6) is -0.155. The number of fused-ring (bicyclic) bond motifs is 3. The Balaban J connectivity index is 1.17. The van der Waals surface area contributed by atoms with Crippen molar-refractivity contribution in [2.45, 2.75) is 57.0 Å². The maximum atomic E-state index is 11.6. The summed E-state index contributed by atoms with van der Waals surface area (Å²) < 4.78 is 8.30. The summed E-state index contributed by atoms with van der Waals surface area (Å²) in [6.45, 7) is 0.388. The van der Waals surface area contributed by atoms with E-state index in [1.807, 2.05) is 30.7 Å². The SMILES string of the molecule is NC(=O)c1ccccc1COC1CCC(C(O)CC2c3ccccc3-c3cncn32)CC1. The Morgan fingerprint density at radius 1 is 1.12 bits per heavy atom. The van der Waals surface area contributed by atoms with Crippen molar-refractivity contribution in [2.24, 2.45) is 11.7 Å².